The third kappa shape index (κ3) is 4.30. The number of anilines is 1. The molecule has 0 atom stereocenters. The van der Waals surface area contributed by atoms with Gasteiger partial charge in [-0.05, 0) is 43.9 Å². The van der Waals surface area contributed by atoms with Gasteiger partial charge in [-0.2, -0.15) is 0 Å². The molecule has 1 aromatic carbocycles. The van der Waals surface area contributed by atoms with Crippen molar-refractivity contribution in [1.82, 2.24) is 14.9 Å². The highest BCUT2D eigenvalue weighted by Crippen LogP contribution is 2.24. The predicted molar refractivity (Wildman–Crippen MR) is 102 cm³/mol. The lowest BCUT2D eigenvalue weighted by Crippen LogP contribution is -2.28. The van der Waals surface area contributed by atoms with Crippen LogP contribution >= 0.6 is 11.6 Å². The first-order chi connectivity index (χ1) is 13.0. The molecule has 144 valence electrons. The van der Waals surface area contributed by atoms with Crippen molar-refractivity contribution in [2.24, 2.45) is 0 Å². The van der Waals surface area contributed by atoms with E-state index < -0.39 is 11.7 Å². The van der Waals surface area contributed by atoms with Gasteiger partial charge < -0.3 is 15.2 Å². The molecule has 6 nitrogen and oxygen atoms in total. The Bertz CT molecular complexity index is 866. The molecule has 2 aromatic rings. The summed E-state index contributed by atoms with van der Waals surface area (Å²) < 4.78 is 15.1. The lowest BCUT2D eigenvalue weighted by molar-refractivity contribution is 0.0937. The number of benzene rings is 1. The average molecular weight is 393 g/mol. The number of amides is 2. The van der Waals surface area contributed by atoms with Gasteiger partial charge in [0.15, 0.2) is 11.5 Å². The van der Waals surface area contributed by atoms with Crippen LogP contribution in [-0.4, -0.2) is 27.9 Å². The molecule has 1 aliphatic rings. The summed E-state index contributed by atoms with van der Waals surface area (Å²) in [6.45, 7) is 3.29. The molecule has 8 heteroatoms. The molecular weight excluding hydrogens is 371 g/mol. The number of halogens is 2. The predicted octanol–water partition coefficient (Wildman–Crippen LogP) is 3.79. The smallest absolute Gasteiger partial charge is 0.287 e. The van der Waals surface area contributed by atoms with E-state index in [1.807, 2.05) is 11.5 Å². The maximum absolute atomic E-state index is 13.3. The number of rotatable bonds is 6. The summed E-state index contributed by atoms with van der Waals surface area (Å²) in [5.41, 5.74) is 1.36. The lowest BCUT2D eigenvalue weighted by Gasteiger charge is -2.17. The highest BCUT2D eigenvalue weighted by atomic mass is 35.5. The molecule has 0 bridgehead atoms. The van der Waals surface area contributed by atoms with Crippen LogP contribution in [0.1, 0.15) is 59.4 Å². The molecular formula is C19H22ClFN4O2. The second kappa shape index (κ2) is 8.52. The van der Waals surface area contributed by atoms with E-state index in [0.717, 1.165) is 31.4 Å². The molecule has 0 unspecified atom stereocenters. The SMILES string of the molecule is CCCCNC(=O)c1nc(C(=O)Nc2ccc(F)c(Cl)c2)c2n1CCCC2. The fourth-order valence-corrected chi connectivity index (χ4v) is 3.30. The van der Waals surface area contributed by atoms with Gasteiger partial charge in [0.05, 0.1) is 10.7 Å². The monoisotopic (exact) mass is 392 g/mol. The van der Waals surface area contributed by atoms with Crippen molar-refractivity contribution in [2.75, 3.05) is 11.9 Å². The molecule has 3 rings (SSSR count). The van der Waals surface area contributed by atoms with Crippen LogP contribution in [0.5, 0.6) is 0 Å². The Balaban J connectivity index is 1.85. The summed E-state index contributed by atoms with van der Waals surface area (Å²) in [6.07, 6.45) is 4.42. The Labute approximate surface area is 162 Å². The maximum Gasteiger partial charge on any atom is 0.287 e. The van der Waals surface area contributed by atoms with E-state index in [1.54, 1.807) is 0 Å². The third-order valence-corrected chi connectivity index (χ3v) is 4.82. The largest absolute Gasteiger partial charge is 0.349 e. The third-order valence-electron chi connectivity index (χ3n) is 4.53. The van der Waals surface area contributed by atoms with Crippen LogP contribution in [0.25, 0.3) is 0 Å². The summed E-state index contributed by atoms with van der Waals surface area (Å²) in [6, 6.07) is 3.96. The first-order valence-corrected chi connectivity index (χ1v) is 9.53. The lowest BCUT2D eigenvalue weighted by atomic mass is 10.1. The van der Waals surface area contributed by atoms with E-state index in [4.69, 9.17) is 11.6 Å². The van der Waals surface area contributed by atoms with E-state index in [1.165, 1.54) is 18.2 Å². The van der Waals surface area contributed by atoms with E-state index in [2.05, 4.69) is 15.6 Å². The van der Waals surface area contributed by atoms with Crippen LogP contribution < -0.4 is 10.6 Å². The molecule has 1 aliphatic heterocycles. The van der Waals surface area contributed by atoms with Gasteiger partial charge >= 0.3 is 0 Å². The zero-order valence-corrected chi connectivity index (χ0v) is 15.9. The Morgan fingerprint density at radius 2 is 2.11 bits per heavy atom. The Hall–Kier alpha value is -2.41. The molecule has 0 fully saturated rings. The normalized spacial score (nSPS) is 13.1. The van der Waals surface area contributed by atoms with Crippen molar-refractivity contribution in [3.63, 3.8) is 0 Å². The van der Waals surface area contributed by atoms with Gasteiger partial charge in [0.2, 0.25) is 0 Å². The fraction of sp³-hybridized carbons (Fsp3) is 0.421. The highest BCUT2D eigenvalue weighted by Gasteiger charge is 2.27. The van der Waals surface area contributed by atoms with Gasteiger partial charge in [0, 0.05) is 18.8 Å². The maximum atomic E-state index is 13.3. The molecule has 2 N–H and O–H groups in total. The molecule has 0 aliphatic carbocycles. The molecule has 0 radical (unpaired) electrons. The number of fused-ring (bicyclic) bond motifs is 1. The zero-order valence-electron chi connectivity index (χ0n) is 15.1. The van der Waals surface area contributed by atoms with Gasteiger partial charge in [0.25, 0.3) is 11.8 Å². The molecule has 2 heterocycles. The Morgan fingerprint density at radius 1 is 1.30 bits per heavy atom. The van der Waals surface area contributed by atoms with Crippen LogP contribution in [0.4, 0.5) is 10.1 Å². The summed E-state index contributed by atoms with van der Waals surface area (Å²) in [7, 11) is 0. The number of nitrogens with one attached hydrogen (secondary N) is 2. The molecule has 0 saturated carbocycles. The second-order valence-corrected chi connectivity index (χ2v) is 6.94. The molecule has 0 spiro atoms. The number of imidazole rings is 1. The highest BCUT2D eigenvalue weighted by molar-refractivity contribution is 6.31. The minimum atomic E-state index is -0.555. The summed E-state index contributed by atoms with van der Waals surface area (Å²) in [4.78, 5) is 29.5. The van der Waals surface area contributed by atoms with E-state index in [9.17, 15) is 14.0 Å². The Morgan fingerprint density at radius 3 is 2.85 bits per heavy atom. The van der Waals surface area contributed by atoms with Crippen LogP contribution in [0.2, 0.25) is 5.02 Å². The van der Waals surface area contributed by atoms with Crippen molar-refractivity contribution >= 4 is 29.1 Å². The zero-order chi connectivity index (χ0) is 19.4. The van der Waals surface area contributed by atoms with Crippen molar-refractivity contribution in [1.29, 1.82) is 0 Å². The summed E-state index contributed by atoms with van der Waals surface area (Å²) in [5, 5.41) is 5.46. The van der Waals surface area contributed by atoms with Crippen LogP contribution in [0.15, 0.2) is 18.2 Å². The molecule has 2 amide bonds. The number of carbonyl (C=O) groups is 2. The standard InChI is InChI=1S/C19H22ClFN4O2/c1-2-3-9-22-19(27)17-24-16(15-6-4-5-10-25(15)17)18(26)23-12-7-8-14(21)13(20)11-12/h7-8,11H,2-6,9-10H2,1H3,(H,22,27)(H,23,26). The topological polar surface area (TPSA) is 76.0 Å². The van der Waals surface area contributed by atoms with Crippen molar-refractivity contribution in [2.45, 2.75) is 45.6 Å². The first-order valence-electron chi connectivity index (χ1n) is 9.15. The Kier molecular flexibility index (Phi) is 6.11. The van der Waals surface area contributed by atoms with Gasteiger partial charge in [0.1, 0.15) is 5.82 Å². The number of hydrogen-bond donors (Lipinski definition) is 2. The van der Waals surface area contributed by atoms with Crippen molar-refractivity contribution in [3.8, 4) is 0 Å². The number of nitrogens with zero attached hydrogens (tertiary/aromatic N) is 2. The number of hydrogen-bond acceptors (Lipinski definition) is 3. The summed E-state index contributed by atoms with van der Waals surface area (Å²) >= 11 is 5.77. The number of carbonyl (C=O) groups excluding carboxylic acids is 2. The van der Waals surface area contributed by atoms with E-state index >= 15 is 0 Å². The van der Waals surface area contributed by atoms with Crippen LogP contribution in [-0.2, 0) is 13.0 Å². The molecule has 27 heavy (non-hydrogen) atoms. The number of aromatic nitrogens is 2. The van der Waals surface area contributed by atoms with Gasteiger partial charge in [-0.1, -0.05) is 24.9 Å². The first kappa shape index (κ1) is 19.4. The van der Waals surface area contributed by atoms with Crippen molar-refractivity contribution in [3.05, 3.63) is 46.3 Å². The minimum Gasteiger partial charge on any atom is -0.349 e. The number of unbranched alkanes of at least 4 members (excludes halogenated alkanes) is 1. The second-order valence-electron chi connectivity index (χ2n) is 6.53. The van der Waals surface area contributed by atoms with Crippen LogP contribution in [0, 0.1) is 5.82 Å². The average Bonchev–Trinajstić information content (AvgIpc) is 3.05. The molecule has 1 aromatic heterocycles. The van der Waals surface area contributed by atoms with E-state index in [0.29, 0.717) is 25.2 Å². The van der Waals surface area contributed by atoms with Crippen molar-refractivity contribution < 1.29 is 14.0 Å². The summed E-state index contributed by atoms with van der Waals surface area (Å²) in [5.74, 6) is -0.991. The minimum absolute atomic E-state index is 0.0735. The van der Waals surface area contributed by atoms with Crippen LogP contribution in [0.3, 0.4) is 0 Å². The molecule has 0 saturated heterocycles. The van der Waals surface area contributed by atoms with E-state index in [-0.39, 0.29) is 22.4 Å². The fourth-order valence-electron chi connectivity index (χ4n) is 3.12. The quantitative estimate of drug-likeness (QED) is 0.734. The van der Waals surface area contributed by atoms with Gasteiger partial charge in [-0.25, -0.2) is 9.37 Å². The van der Waals surface area contributed by atoms with Gasteiger partial charge in [-0.15, -0.1) is 0 Å². The van der Waals surface area contributed by atoms with Gasteiger partial charge in [-0.3, -0.25) is 9.59 Å².